The first-order chi connectivity index (χ1) is 6.29. The van der Waals surface area contributed by atoms with Crippen molar-refractivity contribution in [3.05, 3.63) is 21.3 Å². The third-order valence-electron chi connectivity index (χ3n) is 2.53. The number of halogens is 1. The van der Waals surface area contributed by atoms with Crippen LogP contribution in [0.2, 0.25) is 4.34 Å². The van der Waals surface area contributed by atoms with Crippen molar-refractivity contribution in [1.29, 1.82) is 0 Å². The fraction of sp³-hybridized carbons (Fsp3) is 0.556. The summed E-state index contributed by atoms with van der Waals surface area (Å²) in [6.07, 6.45) is 1.25. The second kappa shape index (κ2) is 3.96. The molecule has 0 spiro atoms. The van der Waals surface area contributed by atoms with Crippen molar-refractivity contribution in [2.75, 3.05) is 13.1 Å². The molecular weight excluding hydrogens is 204 g/mol. The van der Waals surface area contributed by atoms with Gasteiger partial charge in [0.1, 0.15) is 0 Å². The molecule has 1 unspecified atom stereocenters. The van der Waals surface area contributed by atoms with Gasteiger partial charge in [-0.2, -0.15) is 0 Å². The Hall–Kier alpha value is -0.0900. The van der Waals surface area contributed by atoms with Crippen LogP contribution < -0.4 is 5.73 Å². The molecule has 1 aromatic heterocycles. The molecule has 2 N–H and O–H groups in total. The molecule has 1 fully saturated rings. The Morgan fingerprint density at radius 2 is 2.46 bits per heavy atom. The SMILES string of the molecule is NCC1CCN1Cc1ccc(Cl)s1. The minimum absolute atomic E-state index is 0.598. The maximum atomic E-state index is 5.85. The van der Waals surface area contributed by atoms with E-state index in [0.717, 1.165) is 17.4 Å². The van der Waals surface area contributed by atoms with Crippen LogP contribution in [-0.2, 0) is 6.54 Å². The first-order valence-electron chi connectivity index (χ1n) is 4.48. The van der Waals surface area contributed by atoms with Crippen molar-refractivity contribution in [3.8, 4) is 0 Å². The predicted molar refractivity (Wildman–Crippen MR) is 57.2 cm³/mol. The number of hydrogen-bond donors (Lipinski definition) is 1. The minimum Gasteiger partial charge on any atom is -0.329 e. The molecule has 0 aliphatic carbocycles. The number of thiophene rings is 1. The van der Waals surface area contributed by atoms with Crippen LogP contribution in [0.15, 0.2) is 12.1 Å². The lowest BCUT2D eigenvalue weighted by atomic mass is 10.0. The van der Waals surface area contributed by atoms with Gasteiger partial charge in [0, 0.05) is 30.6 Å². The van der Waals surface area contributed by atoms with E-state index in [1.165, 1.54) is 17.8 Å². The number of nitrogens with zero attached hydrogens (tertiary/aromatic N) is 1. The van der Waals surface area contributed by atoms with Gasteiger partial charge in [0.15, 0.2) is 0 Å². The van der Waals surface area contributed by atoms with Gasteiger partial charge in [0.25, 0.3) is 0 Å². The quantitative estimate of drug-likeness (QED) is 0.837. The van der Waals surface area contributed by atoms with E-state index in [0.29, 0.717) is 6.04 Å². The second-order valence-corrected chi connectivity index (χ2v) is 5.15. The Labute approximate surface area is 87.3 Å². The highest BCUT2D eigenvalue weighted by molar-refractivity contribution is 7.16. The van der Waals surface area contributed by atoms with E-state index in [2.05, 4.69) is 11.0 Å². The summed E-state index contributed by atoms with van der Waals surface area (Å²) in [6, 6.07) is 4.65. The third kappa shape index (κ3) is 2.05. The van der Waals surface area contributed by atoms with Gasteiger partial charge in [0.05, 0.1) is 4.34 Å². The summed E-state index contributed by atoms with van der Waals surface area (Å²) >= 11 is 7.51. The van der Waals surface area contributed by atoms with E-state index < -0.39 is 0 Å². The molecule has 1 atom stereocenters. The van der Waals surface area contributed by atoms with Crippen molar-refractivity contribution in [2.45, 2.75) is 19.0 Å². The Morgan fingerprint density at radius 3 is 2.92 bits per heavy atom. The normalized spacial score (nSPS) is 23.1. The number of likely N-dealkylation sites (tertiary alicyclic amines) is 1. The summed E-state index contributed by atoms with van der Waals surface area (Å²) in [4.78, 5) is 3.74. The largest absolute Gasteiger partial charge is 0.329 e. The van der Waals surface area contributed by atoms with Gasteiger partial charge < -0.3 is 5.73 Å². The highest BCUT2D eigenvalue weighted by Gasteiger charge is 2.26. The predicted octanol–water partition coefficient (Wildman–Crippen LogP) is 1.93. The summed E-state index contributed by atoms with van der Waals surface area (Å²) in [7, 11) is 0. The van der Waals surface area contributed by atoms with Gasteiger partial charge in [0.2, 0.25) is 0 Å². The van der Waals surface area contributed by atoms with Crippen LogP contribution in [0.25, 0.3) is 0 Å². The highest BCUT2D eigenvalue weighted by Crippen LogP contribution is 2.26. The molecule has 4 heteroatoms. The maximum Gasteiger partial charge on any atom is 0.0931 e. The van der Waals surface area contributed by atoms with Crippen molar-refractivity contribution < 1.29 is 0 Å². The number of nitrogens with two attached hydrogens (primary N) is 1. The van der Waals surface area contributed by atoms with Crippen LogP contribution in [0.5, 0.6) is 0 Å². The van der Waals surface area contributed by atoms with Crippen molar-refractivity contribution in [2.24, 2.45) is 5.73 Å². The van der Waals surface area contributed by atoms with Gasteiger partial charge in [-0.15, -0.1) is 11.3 Å². The molecule has 1 aliphatic heterocycles. The van der Waals surface area contributed by atoms with Crippen LogP contribution in [0.3, 0.4) is 0 Å². The molecule has 72 valence electrons. The van der Waals surface area contributed by atoms with Crippen LogP contribution in [0, 0.1) is 0 Å². The molecule has 0 bridgehead atoms. The molecule has 0 saturated carbocycles. The zero-order valence-corrected chi connectivity index (χ0v) is 8.94. The lowest BCUT2D eigenvalue weighted by Crippen LogP contribution is -2.50. The van der Waals surface area contributed by atoms with Gasteiger partial charge in [-0.25, -0.2) is 0 Å². The Bertz CT molecular complexity index is 285. The lowest BCUT2D eigenvalue weighted by molar-refractivity contribution is 0.0894. The van der Waals surface area contributed by atoms with E-state index >= 15 is 0 Å². The van der Waals surface area contributed by atoms with E-state index in [9.17, 15) is 0 Å². The van der Waals surface area contributed by atoms with Gasteiger partial charge in [-0.3, -0.25) is 4.90 Å². The monoisotopic (exact) mass is 216 g/mol. The molecular formula is C9H13ClN2S. The van der Waals surface area contributed by atoms with E-state index in [1.807, 2.05) is 6.07 Å². The molecule has 13 heavy (non-hydrogen) atoms. The molecule has 0 aromatic carbocycles. The number of rotatable bonds is 3. The van der Waals surface area contributed by atoms with Crippen molar-refractivity contribution in [3.63, 3.8) is 0 Å². The third-order valence-corrected chi connectivity index (χ3v) is 3.74. The fourth-order valence-electron chi connectivity index (χ4n) is 1.61. The summed E-state index contributed by atoms with van der Waals surface area (Å²) in [5.74, 6) is 0. The number of hydrogen-bond acceptors (Lipinski definition) is 3. The van der Waals surface area contributed by atoms with Crippen LogP contribution >= 0.6 is 22.9 Å². The molecule has 1 saturated heterocycles. The van der Waals surface area contributed by atoms with Gasteiger partial charge in [-0.05, 0) is 18.6 Å². The Balaban J connectivity index is 1.91. The smallest absolute Gasteiger partial charge is 0.0931 e. The molecule has 2 nitrogen and oxygen atoms in total. The minimum atomic E-state index is 0.598. The van der Waals surface area contributed by atoms with E-state index in [-0.39, 0.29) is 0 Å². The Morgan fingerprint density at radius 1 is 1.62 bits per heavy atom. The van der Waals surface area contributed by atoms with Crippen LogP contribution in [0.4, 0.5) is 0 Å². The maximum absolute atomic E-state index is 5.85. The lowest BCUT2D eigenvalue weighted by Gasteiger charge is -2.40. The average Bonchev–Trinajstić information content (AvgIpc) is 2.46. The standard InChI is InChI=1S/C9H13ClN2S/c10-9-2-1-8(13-9)6-12-4-3-7(12)5-11/h1-2,7H,3-6,11H2. The van der Waals surface area contributed by atoms with Crippen LogP contribution in [-0.4, -0.2) is 24.0 Å². The first kappa shape index (κ1) is 9.46. The molecule has 2 rings (SSSR count). The molecule has 1 aliphatic rings. The highest BCUT2D eigenvalue weighted by atomic mass is 35.5. The second-order valence-electron chi connectivity index (χ2n) is 3.35. The van der Waals surface area contributed by atoms with Crippen molar-refractivity contribution in [1.82, 2.24) is 4.90 Å². The van der Waals surface area contributed by atoms with Crippen LogP contribution in [0.1, 0.15) is 11.3 Å². The molecule has 0 amide bonds. The van der Waals surface area contributed by atoms with Gasteiger partial charge >= 0.3 is 0 Å². The van der Waals surface area contributed by atoms with E-state index in [4.69, 9.17) is 17.3 Å². The van der Waals surface area contributed by atoms with Crippen molar-refractivity contribution >= 4 is 22.9 Å². The summed E-state index contributed by atoms with van der Waals surface area (Å²) in [6.45, 7) is 2.97. The van der Waals surface area contributed by atoms with E-state index in [1.54, 1.807) is 11.3 Å². The zero-order chi connectivity index (χ0) is 9.26. The fourth-order valence-corrected chi connectivity index (χ4v) is 2.72. The molecule has 1 aromatic rings. The topological polar surface area (TPSA) is 29.3 Å². The summed E-state index contributed by atoms with van der Waals surface area (Å²) in [5, 5.41) is 0. The summed E-state index contributed by atoms with van der Waals surface area (Å²) in [5.41, 5.74) is 5.62. The molecule has 2 heterocycles. The molecule has 0 radical (unpaired) electrons. The van der Waals surface area contributed by atoms with Gasteiger partial charge in [-0.1, -0.05) is 11.6 Å². The zero-order valence-electron chi connectivity index (χ0n) is 7.37. The Kier molecular flexibility index (Phi) is 2.89. The average molecular weight is 217 g/mol. The summed E-state index contributed by atoms with van der Waals surface area (Å²) < 4.78 is 0.875. The first-order valence-corrected chi connectivity index (χ1v) is 5.67.